The summed E-state index contributed by atoms with van der Waals surface area (Å²) in [6.07, 6.45) is 1.69. The molecule has 0 heterocycles. The second-order valence-corrected chi connectivity index (χ2v) is 7.82. The molecule has 24 heavy (non-hydrogen) atoms. The highest BCUT2D eigenvalue weighted by Crippen LogP contribution is 2.48. The summed E-state index contributed by atoms with van der Waals surface area (Å²) in [7, 11) is -3.70. The minimum Gasteiger partial charge on any atom is -0.349 e. The number of hydrogen-bond acceptors (Lipinski definition) is 3. The van der Waals surface area contributed by atoms with Crippen LogP contribution < -0.4 is 10.5 Å². The van der Waals surface area contributed by atoms with Crippen molar-refractivity contribution in [1.82, 2.24) is 5.32 Å². The number of hydrogen-bond donors (Lipinski definition) is 2. The van der Waals surface area contributed by atoms with E-state index in [9.17, 15) is 13.2 Å². The van der Waals surface area contributed by atoms with Crippen LogP contribution in [0, 0.1) is 0 Å². The Morgan fingerprint density at radius 2 is 1.67 bits per heavy atom. The van der Waals surface area contributed by atoms with E-state index in [-0.39, 0.29) is 16.8 Å². The number of rotatable bonds is 5. The summed E-state index contributed by atoms with van der Waals surface area (Å²) in [5, 5.41) is 8.13. The van der Waals surface area contributed by atoms with E-state index in [1.807, 2.05) is 37.3 Å². The molecule has 2 aromatic rings. The second kappa shape index (κ2) is 6.03. The molecule has 1 atom stereocenters. The zero-order chi connectivity index (χ0) is 17.4. The summed E-state index contributed by atoms with van der Waals surface area (Å²) in [5.41, 5.74) is 1.45. The van der Waals surface area contributed by atoms with Gasteiger partial charge in [-0.2, -0.15) is 0 Å². The van der Waals surface area contributed by atoms with E-state index in [4.69, 9.17) is 5.14 Å². The predicted molar refractivity (Wildman–Crippen MR) is 91.7 cm³/mol. The molecule has 1 amide bonds. The van der Waals surface area contributed by atoms with Crippen LogP contribution in [-0.4, -0.2) is 14.3 Å². The lowest BCUT2D eigenvalue weighted by atomic mass is 9.94. The fraction of sp³-hybridized carbons (Fsp3) is 0.278. The third-order valence-electron chi connectivity index (χ3n) is 4.57. The Labute approximate surface area is 141 Å². The smallest absolute Gasteiger partial charge is 0.238 e. The molecule has 0 aliphatic heterocycles. The Hall–Kier alpha value is -2.18. The first-order valence-corrected chi connectivity index (χ1v) is 9.37. The predicted octanol–water partition coefficient (Wildman–Crippen LogP) is 2.24. The maximum atomic E-state index is 12.7. The van der Waals surface area contributed by atoms with Crippen LogP contribution >= 0.6 is 0 Å². The Kier molecular flexibility index (Phi) is 4.19. The second-order valence-electron chi connectivity index (χ2n) is 6.26. The molecule has 1 fully saturated rings. The number of benzene rings is 2. The van der Waals surface area contributed by atoms with E-state index in [1.165, 1.54) is 12.1 Å². The highest BCUT2D eigenvalue weighted by molar-refractivity contribution is 7.89. The van der Waals surface area contributed by atoms with Gasteiger partial charge in [0.2, 0.25) is 15.9 Å². The maximum absolute atomic E-state index is 12.7. The molecule has 0 saturated heterocycles. The zero-order valence-electron chi connectivity index (χ0n) is 13.4. The zero-order valence-corrected chi connectivity index (χ0v) is 14.2. The number of carbonyl (C=O) groups excluding carboxylic acids is 1. The molecular formula is C18H20N2O3S. The van der Waals surface area contributed by atoms with Crippen LogP contribution in [0.15, 0.2) is 59.5 Å². The van der Waals surface area contributed by atoms with Gasteiger partial charge in [-0.05, 0) is 43.0 Å². The normalized spacial score (nSPS) is 17.1. The molecule has 6 heteroatoms. The summed E-state index contributed by atoms with van der Waals surface area (Å²) < 4.78 is 22.6. The van der Waals surface area contributed by atoms with Crippen molar-refractivity contribution >= 4 is 15.9 Å². The lowest BCUT2D eigenvalue weighted by molar-refractivity contribution is -0.124. The molecule has 2 aromatic carbocycles. The third-order valence-corrected chi connectivity index (χ3v) is 5.50. The van der Waals surface area contributed by atoms with Gasteiger partial charge in [0.05, 0.1) is 16.4 Å². The van der Waals surface area contributed by atoms with Crippen molar-refractivity contribution in [2.45, 2.75) is 36.1 Å². The molecule has 1 unspecified atom stereocenters. The highest BCUT2D eigenvalue weighted by atomic mass is 32.2. The summed E-state index contributed by atoms with van der Waals surface area (Å²) in [6.45, 7) is 1.88. The van der Waals surface area contributed by atoms with Crippen molar-refractivity contribution in [1.29, 1.82) is 0 Å². The molecule has 5 nitrogen and oxygen atoms in total. The van der Waals surface area contributed by atoms with E-state index in [0.29, 0.717) is 0 Å². The van der Waals surface area contributed by atoms with Crippen molar-refractivity contribution < 1.29 is 13.2 Å². The van der Waals surface area contributed by atoms with Crippen molar-refractivity contribution in [3.63, 3.8) is 0 Å². The minimum absolute atomic E-state index is 0.0109. The van der Waals surface area contributed by atoms with Crippen molar-refractivity contribution in [2.24, 2.45) is 5.14 Å². The first-order valence-electron chi connectivity index (χ1n) is 7.82. The van der Waals surface area contributed by atoms with Gasteiger partial charge in [0.15, 0.2) is 0 Å². The molecule has 1 saturated carbocycles. The Morgan fingerprint density at radius 3 is 2.17 bits per heavy atom. The molecule has 0 bridgehead atoms. The average Bonchev–Trinajstić information content (AvgIpc) is 3.37. The molecule has 0 radical (unpaired) electrons. The van der Waals surface area contributed by atoms with E-state index in [2.05, 4.69) is 5.32 Å². The average molecular weight is 344 g/mol. The number of sulfonamides is 1. The van der Waals surface area contributed by atoms with Crippen LogP contribution in [0.4, 0.5) is 0 Å². The Morgan fingerprint density at radius 1 is 1.08 bits per heavy atom. The molecule has 1 aliphatic carbocycles. The molecule has 0 spiro atoms. The summed E-state index contributed by atoms with van der Waals surface area (Å²) >= 11 is 0. The van der Waals surface area contributed by atoms with Crippen LogP contribution in [0.2, 0.25) is 0 Å². The highest BCUT2D eigenvalue weighted by Gasteiger charge is 2.51. The van der Waals surface area contributed by atoms with Crippen molar-refractivity contribution in [3.05, 3.63) is 65.7 Å². The molecule has 0 aromatic heterocycles. The monoisotopic (exact) mass is 344 g/mol. The van der Waals surface area contributed by atoms with Gasteiger partial charge in [0.25, 0.3) is 0 Å². The van der Waals surface area contributed by atoms with Crippen molar-refractivity contribution in [2.75, 3.05) is 0 Å². The first kappa shape index (κ1) is 16.7. The molecule has 3 N–H and O–H groups in total. The van der Waals surface area contributed by atoms with Gasteiger partial charge in [0.1, 0.15) is 0 Å². The number of nitrogens with two attached hydrogens (primary N) is 1. The fourth-order valence-corrected chi connectivity index (χ4v) is 3.41. The Bertz CT molecular complexity index is 842. The van der Waals surface area contributed by atoms with Crippen LogP contribution in [0.5, 0.6) is 0 Å². The van der Waals surface area contributed by atoms with E-state index >= 15 is 0 Å². The Balaban J connectivity index is 1.73. The fourth-order valence-electron chi connectivity index (χ4n) is 2.89. The molecular weight excluding hydrogens is 324 g/mol. The summed E-state index contributed by atoms with van der Waals surface area (Å²) in [6, 6.07) is 15.8. The number of carbonyl (C=O) groups is 1. The van der Waals surface area contributed by atoms with E-state index in [1.54, 1.807) is 12.1 Å². The molecule has 3 rings (SSSR count). The molecule has 126 valence electrons. The van der Waals surface area contributed by atoms with Crippen LogP contribution in [-0.2, 0) is 20.2 Å². The van der Waals surface area contributed by atoms with Crippen LogP contribution in [0.25, 0.3) is 0 Å². The third kappa shape index (κ3) is 3.20. The SMILES string of the molecule is CC(NC(=O)C1(c2ccccc2)CC1)c1ccc(S(N)(=O)=O)cc1. The van der Waals surface area contributed by atoms with Gasteiger partial charge in [-0.1, -0.05) is 42.5 Å². The van der Waals surface area contributed by atoms with Gasteiger partial charge >= 0.3 is 0 Å². The van der Waals surface area contributed by atoms with Crippen LogP contribution in [0.3, 0.4) is 0 Å². The number of primary sulfonamides is 1. The van der Waals surface area contributed by atoms with Gasteiger partial charge in [-0.25, -0.2) is 13.6 Å². The lowest BCUT2D eigenvalue weighted by Crippen LogP contribution is -2.36. The van der Waals surface area contributed by atoms with Crippen LogP contribution in [0.1, 0.15) is 36.9 Å². The topological polar surface area (TPSA) is 89.3 Å². The number of amides is 1. The molecule has 1 aliphatic rings. The van der Waals surface area contributed by atoms with Gasteiger partial charge in [-0.3, -0.25) is 4.79 Å². The van der Waals surface area contributed by atoms with Gasteiger partial charge in [-0.15, -0.1) is 0 Å². The van der Waals surface area contributed by atoms with Gasteiger partial charge in [0, 0.05) is 0 Å². The van der Waals surface area contributed by atoms with E-state index in [0.717, 1.165) is 24.0 Å². The minimum atomic E-state index is -3.70. The quantitative estimate of drug-likeness (QED) is 0.872. The standard InChI is InChI=1S/C18H20N2O3S/c1-13(14-7-9-16(10-8-14)24(19,22)23)20-17(21)18(11-12-18)15-5-3-2-4-6-15/h2-10,13H,11-12H2,1H3,(H,20,21)(H2,19,22,23). The number of nitrogens with one attached hydrogen (secondary N) is 1. The van der Waals surface area contributed by atoms with Crippen molar-refractivity contribution in [3.8, 4) is 0 Å². The lowest BCUT2D eigenvalue weighted by Gasteiger charge is -2.20. The largest absolute Gasteiger partial charge is 0.349 e. The van der Waals surface area contributed by atoms with Gasteiger partial charge < -0.3 is 5.32 Å². The first-order chi connectivity index (χ1) is 11.3. The summed E-state index contributed by atoms with van der Waals surface area (Å²) in [4.78, 5) is 12.8. The summed E-state index contributed by atoms with van der Waals surface area (Å²) in [5.74, 6) is 0.0109. The maximum Gasteiger partial charge on any atom is 0.238 e. The van der Waals surface area contributed by atoms with E-state index < -0.39 is 15.4 Å².